The number of carbonyl (C=O) groups excluding carboxylic acids is 1. The zero-order valence-corrected chi connectivity index (χ0v) is 43.7. The standard InChI is InChI=1S/C59H117NO4/c1-3-5-7-9-11-13-15-17-19-21-23-25-26-27-28-29-30-31-32-33-34-36-38-40-42-44-46-48-50-52-54-58(63)59(64)60-56(55-61)57(62)53-51-49-47-45-43-41-39-37-35-24-22-20-18-16-14-12-10-8-6-4-2/h51,53,56-58,61-63H,3-50,52,54-55H2,1-2H3,(H,60,64)/b53-51+. The van der Waals surface area contributed by atoms with Crippen LogP contribution in [0.4, 0.5) is 0 Å². The van der Waals surface area contributed by atoms with E-state index in [4.69, 9.17) is 0 Å². The lowest BCUT2D eigenvalue weighted by Crippen LogP contribution is -2.48. The molecule has 0 spiro atoms. The summed E-state index contributed by atoms with van der Waals surface area (Å²) in [6, 6.07) is -0.794. The van der Waals surface area contributed by atoms with Gasteiger partial charge in [-0.3, -0.25) is 4.79 Å². The Kier molecular flexibility index (Phi) is 53.9. The molecule has 0 aromatic rings. The van der Waals surface area contributed by atoms with Crippen molar-refractivity contribution >= 4 is 5.91 Å². The van der Waals surface area contributed by atoms with Gasteiger partial charge in [-0.25, -0.2) is 0 Å². The fourth-order valence-corrected chi connectivity index (χ4v) is 9.54. The third-order valence-corrected chi connectivity index (χ3v) is 14.1. The molecule has 3 unspecified atom stereocenters. The second kappa shape index (κ2) is 54.7. The van der Waals surface area contributed by atoms with Crippen molar-refractivity contribution in [1.82, 2.24) is 5.32 Å². The van der Waals surface area contributed by atoms with Crippen molar-refractivity contribution in [3.05, 3.63) is 12.2 Å². The Labute approximate surface area is 401 Å². The fourth-order valence-electron chi connectivity index (χ4n) is 9.54. The number of allylic oxidation sites excluding steroid dienone is 1. The zero-order valence-electron chi connectivity index (χ0n) is 43.7. The van der Waals surface area contributed by atoms with Crippen LogP contribution in [0.1, 0.15) is 335 Å². The Hall–Kier alpha value is -0.910. The normalized spacial score (nSPS) is 13.3. The predicted octanol–water partition coefficient (Wildman–Crippen LogP) is 18.3. The number of amides is 1. The Bertz CT molecular complexity index is 909. The molecule has 0 radical (unpaired) electrons. The minimum Gasteiger partial charge on any atom is -0.394 e. The Morgan fingerprint density at radius 3 is 0.859 bits per heavy atom. The highest BCUT2D eigenvalue weighted by atomic mass is 16.3. The van der Waals surface area contributed by atoms with E-state index >= 15 is 0 Å². The lowest BCUT2D eigenvalue weighted by molar-refractivity contribution is -0.131. The zero-order chi connectivity index (χ0) is 46.5. The number of unbranched alkanes of at least 4 members (excludes halogenated alkanes) is 47. The van der Waals surface area contributed by atoms with Crippen molar-refractivity contribution in [1.29, 1.82) is 0 Å². The highest BCUT2D eigenvalue weighted by Crippen LogP contribution is 2.18. The lowest BCUT2D eigenvalue weighted by atomic mass is 10.0. The lowest BCUT2D eigenvalue weighted by Gasteiger charge is -2.21. The van der Waals surface area contributed by atoms with Gasteiger partial charge in [0.15, 0.2) is 0 Å². The molecule has 3 atom stereocenters. The largest absolute Gasteiger partial charge is 0.394 e. The summed E-state index contributed by atoms with van der Waals surface area (Å²) < 4.78 is 0. The van der Waals surface area contributed by atoms with Gasteiger partial charge in [-0.05, 0) is 19.3 Å². The molecule has 64 heavy (non-hydrogen) atoms. The Morgan fingerprint density at radius 1 is 0.375 bits per heavy atom. The first-order chi connectivity index (χ1) is 31.6. The molecular weight excluding hydrogens is 787 g/mol. The molecule has 0 rings (SSSR count). The molecule has 5 nitrogen and oxygen atoms in total. The molecule has 0 fully saturated rings. The molecule has 0 bridgehead atoms. The summed E-state index contributed by atoms with van der Waals surface area (Å²) in [7, 11) is 0. The van der Waals surface area contributed by atoms with Gasteiger partial charge in [0.1, 0.15) is 6.10 Å². The van der Waals surface area contributed by atoms with Gasteiger partial charge in [-0.1, -0.05) is 328 Å². The number of hydrogen-bond acceptors (Lipinski definition) is 4. The quantitative estimate of drug-likeness (QED) is 0.0362. The monoisotopic (exact) mass is 904 g/mol. The number of rotatable bonds is 55. The van der Waals surface area contributed by atoms with Gasteiger partial charge in [0.25, 0.3) is 0 Å². The molecule has 0 aromatic heterocycles. The molecule has 5 heteroatoms. The molecule has 382 valence electrons. The molecule has 0 aliphatic rings. The molecule has 4 N–H and O–H groups in total. The van der Waals surface area contributed by atoms with Crippen LogP contribution in [0.25, 0.3) is 0 Å². The van der Waals surface area contributed by atoms with E-state index in [-0.39, 0.29) is 6.61 Å². The van der Waals surface area contributed by atoms with Gasteiger partial charge in [0, 0.05) is 0 Å². The second-order valence-electron chi connectivity index (χ2n) is 20.6. The summed E-state index contributed by atoms with van der Waals surface area (Å²) in [5.41, 5.74) is 0. The predicted molar refractivity (Wildman–Crippen MR) is 282 cm³/mol. The van der Waals surface area contributed by atoms with Crippen molar-refractivity contribution in [2.45, 2.75) is 353 Å². The number of aliphatic hydroxyl groups is 3. The van der Waals surface area contributed by atoms with Gasteiger partial charge in [-0.2, -0.15) is 0 Å². The second-order valence-corrected chi connectivity index (χ2v) is 20.6. The summed E-state index contributed by atoms with van der Waals surface area (Å²) in [5, 5.41) is 33.4. The van der Waals surface area contributed by atoms with Crippen molar-refractivity contribution in [3.8, 4) is 0 Å². The van der Waals surface area contributed by atoms with Gasteiger partial charge >= 0.3 is 0 Å². The first-order valence-corrected chi connectivity index (χ1v) is 29.5. The molecule has 0 aliphatic heterocycles. The van der Waals surface area contributed by atoms with Gasteiger partial charge in [0.2, 0.25) is 5.91 Å². The highest BCUT2D eigenvalue weighted by Gasteiger charge is 2.22. The van der Waals surface area contributed by atoms with Crippen molar-refractivity contribution < 1.29 is 20.1 Å². The Morgan fingerprint density at radius 2 is 0.609 bits per heavy atom. The molecule has 0 saturated heterocycles. The van der Waals surface area contributed by atoms with Crippen LogP contribution in [0.5, 0.6) is 0 Å². The highest BCUT2D eigenvalue weighted by molar-refractivity contribution is 5.80. The smallest absolute Gasteiger partial charge is 0.249 e. The minimum atomic E-state index is -1.09. The van der Waals surface area contributed by atoms with Crippen LogP contribution in [-0.2, 0) is 4.79 Å². The molecule has 0 saturated carbocycles. The first-order valence-electron chi connectivity index (χ1n) is 29.5. The van der Waals surface area contributed by atoms with Crippen LogP contribution in [0, 0.1) is 0 Å². The van der Waals surface area contributed by atoms with Gasteiger partial charge < -0.3 is 20.6 Å². The van der Waals surface area contributed by atoms with Gasteiger partial charge in [0.05, 0.1) is 18.8 Å². The summed E-state index contributed by atoms with van der Waals surface area (Å²) in [5.74, 6) is -0.495. The SMILES string of the molecule is CCCCCCCCCCCCCCCCCCCC/C=C/C(O)C(CO)NC(=O)C(O)CCCCCCCCCCCCCCCCCCCCCCCCCCCCCCCC. The summed E-state index contributed by atoms with van der Waals surface area (Å²) in [4.78, 5) is 12.6. The summed E-state index contributed by atoms with van der Waals surface area (Å²) in [6.45, 7) is 4.23. The molecule has 0 aliphatic carbocycles. The van der Waals surface area contributed by atoms with E-state index in [1.165, 1.54) is 283 Å². The third kappa shape index (κ3) is 49.0. The number of carbonyl (C=O) groups is 1. The third-order valence-electron chi connectivity index (χ3n) is 14.1. The van der Waals surface area contributed by atoms with Crippen LogP contribution in [-0.4, -0.2) is 46.1 Å². The van der Waals surface area contributed by atoms with Crippen molar-refractivity contribution in [3.63, 3.8) is 0 Å². The maximum atomic E-state index is 12.6. The minimum absolute atomic E-state index is 0.358. The van der Waals surface area contributed by atoms with Crippen LogP contribution in [0.15, 0.2) is 12.2 Å². The van der Waals surface area contributed by atoms with Crippen LogP contribution >= 0.6 is 0 Å². The van der Waals surface area contributed by atoms with E-state index in [1.807, 2.05) is 6.08 Å². The van der Waals surface area contributed by atoms with E-state index in [0.717, 1.165) is 32.1 Å². The number of aliphatic hydroxyl groups excluding tert-OH is 3. The topological polar surface area (TPSA) is 89.8 Å². The van der Waals surface area contributed by atoms with E-state index in [0.29, 0.717) is 6.42 Å². The summed E-state index contributed by atoms with van der Waals surface area (Å²) >= 11 is 0. The average molecular weight is 905 g/mol. The van der Waals surface area contributed by atoms with Crippen LogP contribution in [0.3, 0.4) is 0 Å². The first kappa shape index (κ1) is 63.1. The number of nitrogens with one attached hydrogen (secondary N) is 1. The van der Waals surface area contributed by atoms with E-state index in [1.54, 1.807) is 6.08 Å². The maximum Gasteiger partial charge on any atom is 0.249 e. The fraction of sp³-hybridized carbons (Fsp3) is 0.949. The van der Waals surface area contributed by atoms with E-state index in [9.17, 15) is 20.1 Å². The Balaban J connectivity index is 3.50. The molecule has 0 heterocycles. The average Bonchev–Trinajstić information content (AvgIpc) is 3.30. The number of hydrogen-bond donors (Lipinski definition) is 4. The molecule has 1 amide bonds. The van der Waals surface area contributed by atoms with Crippen LogP contribution in [0.2, 0.25) is 0 Å². The molecule has 0 aromatic carbocycles. The van der Waals surface area contributed by atoms with E-state index < -0.39 is 24.2 Å². The van der Waals surface area contributed by atoms with Gasteiger partial charge in [-0.15, -0.1) is 0 Å². The molecular formula is C59H117NO4. The maximum absolute atomic E-state index is 12.6. The van der Waals surface area contributed by atoms with Crippen molar-refractivity contribution in [2.24, 2.45) is 0 Å². The summed E-state index contributed by atoms with van der Waals surface area (Å²) in [6.07, 6.45) is 68.8. The van der Waals surface area contributed by atoms with Crippen molar-refractivity contribution in [2.75, 3.05) is 6.61 Å². The van der Waals surface area contributed by atoms with Crippen LogP contribution < -0.4 is 5.32 Å². The van der Waals surface area contributed by atoms with E-state index in [2.05, 4.69) is 19.2 Å².